The van der Waals surface area contributed by atoms with Crippen LogP contribution in [0.1, 0.15) is 104 Å². The summed E-state index contributed by atoms with van der Waals surface area (Å²) >= 11 is 0. The normalized spacial score (nSPS) is 14.1. The van der Waals surface area contributed by atoms with E-state index in [4.69, 9.17) is 5.73 Å². The van der Waals surface area contributed by atoms with Crippen LogP contribution in [0.3, 0.4) is 0 Å². The third-order valence-electron chi connectivity index (χ3n) is 5.45. The predicted octanol–water partition coefficient (Wildman–Crippen LogP) is -3.37. The minimum Gasteiger partial charge on any atom is -0.747 e. The zero-order valence-electron chi connectivity index (χ0n) is 19.4. The molecule has 7 nitrogen and oxygen atoms in total. The van der Waals surface area contributed by atoms with Crippen LogP contribution in [0.4, 0.5) is 0 Å². The molecule has 0 radical (unpaired) electrons. The van der Waals surface area contributed by atoms with Crippen molar-refractivity contribution in [2.24, 2.45) is 11.7 Å². The molecule has 0 fully saturated rings. The summed E-state index contributed by atoms with van der Waals surface area (Å²) in [7, 11) is -5.33. The van der Waals surface area contributed by atoms with Crippen molar-refractivity contribution in [2.45, 2.75) is 108 Å². The molecule has 0 heterocycles. The van der Waals surface area contributed by atoms with E-state index in [-0.39, 0.29) is 72.0 Å². The molecule has 166 valence electrons. The van der Waals surface area contributed by atoms with E-state index in [1.807, 2.05) is 0 Å². The van der Waals surface area contributed by atoms with E-state index in [0.717, 1.165) is 57.8 Å². The Morgan fingerprint density at radius 1 is 0.833 bits per heavy atom. The summed E-state index contributed by atoms with van der Waals surface area (Å²) in [5.41, 5.74) is 5.36. The Balaban J connectivity index is -0.00000364. The summed E-state index contributed by atoms with van der Waals surface area (Å²) in [6.07, 6.45) is 9.43. The Bertz CT molecular complexity index is 574. The predicted molar refractivity (Wildman–Crippen MR) is 106 cm³/mol. The second-order valence-electron chi connectivity index (χ2n) is 7.66. The number of hydrogen-bond donors (Lipinski definition) is 1. The van der Waals surface area contributed by atoms with E-state index in [1.165, 1.54) is 0 Å². The summed E-state index contributed by atoms with van der Waals surface area (Å²) in [4.78, 5) is 23.8. The van der Waals surface area contributed by atoms with E-state index in [1.54, 1.807) is 0 Å². The molecule has 0 aromatic carbocycles. The Morgan fingerprint density at radius 2 is 1.23 bits per heavy atom. The number of hydrogen-bond acceptors (Lipinski definition) is 6. The van der Waals surface area contributed by atoms with Gasteiger partial charge in [0.2, 0.25) is 5.91 Å². The molecule has 0 aliphatic carbocycles. The van der Waals surface area contributed by atoms with Crippen LogP contribution in [0.25, 0.3) is 0 Å². The summed E-state index contributed by atoms with van der Waals surface area (Å²) < 4.78 is 33.2. The number of carbonyl (C=O) groups is 2. The average Bonchev–Trinajstić information content (AvgIpc) is 2.60. The Kier molecular flexibility index (Phi) is 22.8. The molecule has 0 aromatic rings. The van der Waals surface area contributed by atoms with Gasteiger partial charge in [-0.1, -0.05) is 90.9 Å². The van der Waals surface area contributed by atoms with Crippen LogP contribution in [0, 0.1) is 5.92 Å². The molecule has 0 aromatic heterocycles. The zero-order chi connectivity index (χ0) is 21.6. The fourth-order valence-electron chi connectivity index (χ4n) is 3.72. The van der Waals surface area contributed by atoms with Gasteiger partial charge in [-0.15, -0.1) is 0 Å². The Labute approximate surface area is 227 Å². The molecule has 1 amide bonds. The molecule has 2 atom stereocenters. The maximum absolute atomic E-state index is 12.0. The fraction of sp³-hybridized carbons (Fsp3) is 0.900. The van der Waals surface area contributed by atoms with Gasteiger partial charge in [0, 0.05) is 0 Å². The van der Waals surface area contributed by atoms with Crippen LogP contribution in [0.15, 0.2) is 0 Å². The molecule has 2 N–H and O–H groups in total. The minimum atomic E-state index is -5.33. The summed E-state index contributed by atoms with van der Waals surface area (Å²) in [6, 6.07) is 0. The van der Waals surface area contributed by atoms with Crippen LogP contribution in [-0.4, -0.2) is 29.6 Å². The Hall–Kier alpha value is 0.850. The van der Waals surface area contributed by atoms with Gasteiger partial charge < -0.3 is 20.2 Å². The molecule has 0 aliphatic heterocycles. The van der Waals surface area contributed by atoms with Gasteiger partial charge in [0.15, 0.2) is 0 Å². The maximum Gasteiger partial charge on any atom is 1.00 e. The van der Waals surface area contributed by atoms with Crippen LogP contribution in [0.2, 0.25) is 0 Å². The quantitative estimate of drug-likeness (QED) is 0.127. The number of carboxylic acid groups (broad SMARTS) is 1. The van der Waals surface area contributed by atoms with Crippen LogP contribution < -0.4 is 70.0 Å². The number of rotatable bonds is 18. The van der Waals surface area contributed by atoms with Crippen molar-refractivity contribution >= 4 is 22.0 Å². The summed E-state index contributed by atoms with van der Waals surface area (Å²) in [5.74, 6) is -4.64. The molecular weight excluding hydrogens is 428 g/mol. The summed E-state index contributed by atoms with van der Waals surface area (Å²) in [6.45, 7) is 4.14. The first-order valence-electron chi connectivity index (χ1n) is 10.6. The van der Waals surface area contributed by atoms with Crippen molar-refractivity contribution in [3.63, 3.8) is 0 Å². The van der Waals surface area contributed by atoms with Gasteiger partial charge in [0.1, 0.15) is 14.9 Å². The molecule has 0 rings (SSSR count). The standard InChI is InChI=1S/C20H39NO6S.2Na/c1-3-5-7-9-11-13-15-17(18(21)22)20(19(23)24,28(25,26)27)16-14-12-10-8-6-4-2;;/h17H,3-16H2,1-2H3,(H2,21,22)(H,23,24)(H,25,26,27);;/q;2*+1/p-2. The maximum atomic E-state index is 12.0. The smallest absolute Gasteiger partial charge is 0.747 e. The number of amides is 1. The first-order valence-corrected chi connectivity index (χ1v) is 12.0. The fourth-order valence-corrected chi connectivity index (χ4v) is 4.90. The van der Waals surface area contributed by atoms with Gasteiger partial charge in [-0.3, -0.25) is 4.79 Å². The van der Waals surface area contributed by atoms with Crippen molar-refractivity contribution in [1.82, 2.24) is 0 Å². The van der Waals surface area contributed by atoms with E-state index in [9.17, 15) is 27.7 Å². The largest absolute Gasteiger partial charge is 1.00 e. The van der Waals surface area contributed by atoms with E-state index in [0.29, 0.717) is 12.8 Å². The van der Waals surface area contributed by atoms with E-state index >= 15 is 0 Å². The first-order chi connectivity index (χ1) is 13.1. The minimum absolute atomic E-state index is 0. The Morgan fingerprint density at radius 3 is 1.60 bits per heavy atom. The third kappa shape index (κ3) is 12.2. The number of nitrogens with two attached hydrogens (primary N) is 1. The number of carboxylic acids is 1. The van der Waals surface area contributed by atoms with E-state index in [2.05, 4.69) is 13.8 Å². The molecule has 10 heteroatoms. The third-order valence-corrected chi connectivity index (χ3v) is 6.99. The molecule has 0 bridgehead atoms. The van der Waals surface area contributed by atoms with Crippen LogP contribution in [0.5, 0.6) is 0 Å². The van der Waals surface area contributed by atoms with Crippen molar-refractivity contribution in [1.29, 1.82) is 0 Å². The molecule has 0 aliphatic rings. The zero-order valence-corrected chi connectivity index (χ0v) is 24.2. The monoisotopic (exact) mass is 465 g/mol. The molecule has 0 saturated carbocycles. The number of primary amides is 1. The first kappa shape index (κ1) is 35.4. The van der Waals surface area contributed by atoms with Crippen molar-refractivity contribution in [3.8, 4) is 0 Å². The van der Waals surface area contributed by atoms with Gasteiger partial charge in [-0.2, -0.15) is 0 Å². The topological polar surface area (TPSA) is 140 Å². The second-order valence-corrected chi connectivity index (χ2v) is 9.30. The van der Waals surface area contributed by atoms with Gasteiger partial charge >= 0.3 is 59.1 Å². The molecule has 0 saturated heterocycles. The SMILES string of the molecule is CCCCCCCCC(C(N)=O)C(CCCCCCCC)(C(=O)[O-])S(=O)(=O)[O-].[Na+].[Na+]. The van der Waals surface area contributed by atoms with Gasteiger partial charge in [0.25, 0.3) is 0 Å². The number of aliphatic carboxylic acids is 1. The second kappa shape index (κ2) is 19.3. The van der Waals surface area contributed by atoms with Crippen molar-refractivity contribution < 1.29 is 86.8 Å². The molecule has 0 spiro atoms. The average molecular weight is 466 g/mol. The van der Waals surface area contributed by atoms with Gasteiger partial charge in [-0.05, 0) is 12.8 Å². The number of unbranched alkanes of at least 4 members (excludes halogenated alkanes) is 10. The van der Waals surface area contributed by atoms with Crippen molar-refractivity contribution in [3.05, 3.63) is 0 Å². The summed E-state index contributed by atoms with van der Waals surface area (Å²) in [5, 5.41) is 11.9. The van der Waals surface area contributed by atoms with Gasteiger partial charge in [0.05, 0.1) is 11.9 Å². The van der Waals surface area contributed by atoms with E-state index < -0.39 is 39.1 Å². The number of carbonyl (C=O) groups excluding carboxylic acids is 2. The molecular formula is C20H37NNa2O6S. The van der Waals surface area contributed by atoms with Crippen molar-refractivity contribution in [2.75, 3.05) is 0 Å². The molecule has 2 unspecified atom stereocenters. The van der Waals surface area contributed by atoms with Crippen LogP contribution >= 0.6 is 0 Å². The molecule has 30 heavy (non-hydrogen) atoms. The van der Waals surface area contributed by atoms with Crippen LogP contribution in [-0.2, 0) is 19.7 Å². The van der Waals surface area contributed by atoms with Gasteiger partial charge in [-0.25, -0.2) is 8.42 Å².